The molecular weight excluding hydrogens is 625 g/mol. The molecule has 2 aromatic carbocycles. The number of hydrogen-bond donors (Lipinski definition) is 3. The first kappa shape index (κ1) is 35.3. The van der Waals surface area contributed by atoms with Gasteiger partial charge in [0.2, 0.25) is 37.5 Å². The Morgan fingerprint density at radius 2 is 1.67 bits per heavy atom. The predicted octanol–water partition coefficient (Wildman–Crippen LogP) is 3.23. The lowest BCUT2D eigenvalue weighted by molar-refractivity contribution is -0.143. The van der Waals surface area contributed by atoms with Gasteiger partial charge < -0.3 is 20.0 Å². The first-order valence-electron chi connectivity index (χ1n) is 15.5. The van der Waals surface area contributed by atoms with Crippen LogP contribution in [0.1, 0.15) is 77.1 Å². The zero-order valence-corrected chi connectivity index (χ0v) is 29.1. The topological polar surface area (TPSA) is 151 Å². The molecule has 13 heteroatoms. The quantitative estimate of drug-likeness (QED) is 0.260. The lowest BCUT2D eigenvalue weighted by Gasteiger charge is -2.38. The van der Waals surface area contributed by atoms with Gasteiger partial charge in [-0.15, -0.1) is 0 Å². The minimum absolute atomic E-state index is 0.0330. The highest BCUT2D eigenvalue weighted by molar-refractivity contribution is 7.89. The number of carbonyl (C=O) groups is 4. The maximum atomic E-state index is 14.0. The molecule has 0 aliphatic carbocycles. The minimum Gasteiger partial charge on any atom is -0.410 e. The third kappa shape index (κ3) is 9.26. The minimum atomic E-state index is -3.82. The molecule has 0 aromatic heterocycles. The van der Waals surface area contributed by atoms with Crippen LogP contribution in [0.4, 0.5) is 0 Å². The van der Waals surface area contributed by atoms with Gasteiger partial charge in [0.25, 0.3) is 5.91 Å². The second-order valence-electron chi connectivity index (χ2n) is 13.6. The van der Waals surface area contributed by atoms with Crippen LogP contribution in [-0.2, 0) is 28.8 Å². The Kier molecular flexibility index (Phi) is 10.8. The highest BCUT2D eigenvalue weighted by Crippen LogP contribution is 2.31. The number of rotatable bonds is 10. The standard InChI is InChI=1S/C33H44N4O7SSi/c1-32(2,3)46-44-33(4,5)27(20-28(38)36-45(6,42)43)35-30(40)26-18-17-24-13-9-10-14-25(31(41)37(24)26)34-29(39)23-16-15-21-11-7-8-12-22(21)19-23/h7-12,15-16,19,24-27H,13-14,17-18,20H2,1-6H3,(H,34,39)(H,35,40)(H,36,38). The van der Waals surface area contributed by atoms with Crippen molar-refractivity contribution in [1.82, 2.24) is 20.3 Å². The van der Waals surface area contributed by atoms with E-state index in [1.54, 1.807) is 30.9 Å². The Morgan fingerprint density at radius 1 is 1.00 bits per heavy atom. The third-order valence-corrected chi connectivity index (χ3v) is 9.93. The van der Waals surface area contributed by atoms with Gasteiger partial charge in [-0.05, 0) is 67.5 Å². The maximum Gasteiger partial charge on any atom is 0.251 e. The molecule has 0 spiro atoms. The first-order valence-corrected chi connectivity index (χ1v) is 18.3. The van der Waals surface area contributed by atoms with E-state index in [2.05, 4.69) is 10.6 Å². The van der Waals surface area contributed by atoms with Gasteiger partial charge in [0.05, 0.1) is 24.3 Å². The van der Waals surface area contributed by atoms with Gasteiger partial charge in [-0.2, -0.15) is 0 Å². The fourth-order valence-electron chi connectivity index (χ4n) is 5.69. The van der Waals surface area contributed by atoms with Crippen LogP contribution in [0.15, 0.2) is 54.6 Å². The fourth-order valence-corrected chi connectivity index (χ4v) is 6.90. The lowest BCUT2D eigenvalue weighted by atomic mass is 9.95. The number of nitrogens with one attached hydrogen (secondary N) is 3. The maximum absolute atomic E-state index is 14.0. The molecule has 2 radical (unpaired) electrons. The lowest BCUT2D eigenvalue weighted by Crippen LogP contribution is -2.60. The molecule has 2 aliphatic heterocycles. The number of amides is 4. The van der Waals surface area contributed by atoms with Gasteiger partial charge >= 0.3 is 0 Å². The summed E-state index contributed by atoms with van der Waals surface area (Å²) in [6, 6.07) is 10.2. The van der Waals surface area contributed by atoms with Crippen molar-refractivity contribution in [2.75, 3.05) is 6.26 Å². The molecule has 248 valence electrons. The number of benzene rings is 2. The van der Waals surface area contributed by atoms with Crippen molar-refractivity contribution in [2.24, 2.45) is 0 Å². The first-order chi connectivity index (χ1) is 21.4. The van der Waals surface area contributed by atoms with Crippen molar-refractivity contribution in [3.05, 3.63) is 60.2 Å². The van der Waals surface area contributed by atoms with Gasteiger partial charge in [-0.1, -0.05) is 63.3 Å². The summed E-state index contributed by atoms with van der Waals surface area (Å²) < 4.78 is 31.6. The number of carbonyl (C=O) groups excluding carboxylic acids is 4. The number of hydrogen-bond acceptors (Lipinski definition) is 7. The van der Waals surface area contributed by atoms with Crippen LogP contribution in [0.3, 0.4) is 0 Å². The zero-order chi connectivity index (χ0) is 33.9. The van der Waals surface area contributed by atoms with E-state index in [0.29, 0.717) is 24.8 Å². The summed E-state index contributed by atoms with van der Waals surface area (Å²) in [7, 11) is -3.78. The summed E-state index contributed by atoms with van der Waals surface area (Å²) in [4.78, 5) is 55.6. The van der Waals surface area contributed by atoms with E-state index >= 15 is 0 Å². The van der Waals surface area contributed by atoms with Crippen molar-refractivity contribution < 1.29 is 32.0 Å². The summed E-state index contributed by atoms with van der Waals surface area (Å²) in [6.45, 7) is 9.49. The molecule has 0 bridgehead atoms. The molecule has 4 amide bonds. The molecule has 11 nitrogen and oxygen atoms in total. The van der Waals surface area contributed by atoms with E-state index in [-0.39, 0.29) is 45.5 Å². The van der Waals surface area contributed by atoms with Gasteiger partial charge in [-0.3, -0.25) is 23.9 Å². The summed E-state index contributed by atoms with van der Waals surface area (Å²) in [6.07, 6.45) is 6.23. The molecule has 4 unspecified atom stereocenters. The summed E-state index contributed by atoms with van der Waals surface area (Å²) in [5.41, 5.74) is -0.619. The average Bonchev–Trinajstić information content (AvgIpc) is 3.38. The SMILES string of the molecule is CC(C)(C)[Si]OC(C)(C)C(CC(=O)NS(C)(=O)=O)NC(=O)C1CCC2CC=CCC(NC(=O)c3ccc4ccccc4c3)C(=O)N21. The Balaban J connectivity index is 1.54. The van der Waals surface area contributed by atoms with Crippen molar-refractivity contribution in [3.63, 3.8) is 0 Å². The molecule has 0 saturated carbocycles. The van der Waals surface area contributed by atoms with Crippen LogP contribution in [0.25, 0.3) is 10.8 Å². The average molecular weight is 669 g/mol. The van der Waals surface area contributed by atoms with Crippen LogP contribution in [0.5, 0.6) is 0 Å². The number of fused-ring (bicyclic) bond motifs is 2. The Labute approximate surface area is 273 Å². The molecule has 4 rings (SSSR count). The molecule has 2 aromatic rings. The van der Waals surface area contributed by atoms with E-state index in [1.807, 2.05) is 68.0 Å². The third-order valence-electron chi connectivity index (χ3n) is 8.09. The highest BCUT2D eigenvalue weighted by Gasteiger charge is 2.45. The smallest absolute Gasteiger partial charge is 0.251 e. The number of nitrogens with zero attached hydrogens (tertiary/aromatic N) is 1. The normalized spacial score (nSPS) is 21.2. The van der Waals surface area contributed by atoms with Crippen molar-refractivity contribution in [2.45, 2.75) is 102 Å². The van der Waals surface area contributed by atoms with Crippen molar-refractivity contribution in [3.8, 4) is 0 Å². The van der Waals surface area contributed by atoms with Crippen molar-refractivity contribution in [1.29, 1.82) is 0 Å². The monoisotopic (exact) mass is 668 g/mol. The molecule has 1 fully saturated rings. The van der Waals surface area contributed by atoms with E-state index in [0.717, 1.165) is 17.0 Å². The fraction of sp³-hybridized carbons (Fsp3) is 0.515. The molecule has 4 atom stereocenters. The van der Waals surface area contributed by atoms with Crippen LogP contribution < -0.4 is 15.4 Å². The molecule has 2 aliphatic rings. The van der Waals surface area contributed by atoms with E-state index in [4.69, 9.17) is 4.43 Å². The van der Waals surface area contributed by atoms with Crippen LogP contribution in [0, 0.1) is 0 Å². The molecular formula is C33H44N4O7SSi. The van der Waals surface area contributed by atoms with E-state index < -0.39 is 45.6 Å². The van der Waals surface area contributed by atoms with Crippen LogP contribution >= 0.6 is 0 Å². The summed E-state index contributed by atoms with van der Waals surface area (Å²) in [5, 5.41) is 7.54. The summed E-state index contributed by atoms with van der Waals surface area (Å²) in [5.74, 6) is -1.98. The molecule has 3 N–H and O–H groups in total. The second-order valence-corrected chi connectivity index (χ2v) is 17.3. The van der Waals surface area contributed by atoms with E-state index in [9.17, 15) is 27.6 Å². The molecule has 1 saturated heterocycles. The van der Waals surface area contributed by atoms with Gasteiger partial charge in [-0.25, -0.2) is 8.42 Å². The zero-order valence-electron chi connectivity index (χ0n) is 27.3. The largest absolute Gasteiger partial charge is 0.410 e. The Hall–Kier alpha value is -3.55. The highest BCUT2D eigenvalue weighted by atomic mass is 32.2. The Morgan fingerprint density at radius 3 is 2.35 bits per heavy atom. The Bertz CT molecular complexity index is 1620. The molecule has 2 heterocycles. The summed E-state index contributed by atoms with van der Waals surface area (Å²) >= 11 is 0. The molecule has 46 heavy (non-hydrogen) atoms. The second kappa shape index (κ2) is 14.1. The predicted molar refractivity (Wildman–Crippen MR) is 177 cm³/mol. The van der Waals surface area contributed by atoms with Crippen LogP contribution in [0.2, 0.25) is 5.04 Å². The van der Waals surface area contributed by atoms with Gasteiger partial charge in [0, 0.05) is 11.6 Å². The van der Waals surface area contributed by atoms with E-state index in [1.165, 1.54) is 0 Å². The van der Waals surface area contributed by atoms with Gasteiger partial charge in [0.15, 0.2) is 0 Å². The van der Waals surface area contributed by atoms with Gasteiger partial charge in [0.1, 0.15) is 12.1 Å². The van der Waals surface area contributed by atoms with Crippen molar-refractivity contribution >= 4 is 54.2 Å². The van der Waals surface area contributed by atoms with Crippen LogP contribution in [-0.4, -0.2) is 82.7 Å². The number of sulfonamides is 1.